The van der Waals surface area contributed by atoms with Crippen LogP contribution in [-0.2, 0) is 18.3 Å². The molecule has 2 aromatic rings. The molecule has 1 fully saturated rings. The van der Waals surface area contributed by atoms with Crippen LogP contribution < -0.4 is 5.32 Å². The normalized spacial score (nSPS) is 20.7. The topological polar surface area (TPSA) is 75.9 Å². The summed E-state index contributed by atoms with van der Waals surface area (Å²) in [6.45, 7) is 2.30. The largest absolute Gasteiger partial charge is 0.367 e. The molecule has 0 spiro atoms. The Labute approximate surface area is 139 Å². The number of likely N-dealkylation sites (tertiary alicyclic amines) is 1. The minimum atomic E-state index is -0.421. The Morgan fingerprint density at radius 3 is 2.83 bits per heavy atom. The van der Waals surface area contributed by atoms with E-state index in [1.54, 1.807) is 22.8 Å². The number of carbonyl (C=O) groups excluding carboxylic acids is 1. The van der Waals surface area contributed by atoms with Gasteiger partial charge in [0.05, 0.1) is 17.9 Å². The third-order valence-corrected chi connectivity index (χ3v) is 4.49. The lowest BCUT2D eigenvalue weighted by molar-refractivity contribution is -0.127. The van der Waals surface area contributed by atoms with Crippen LogP contribution >= 0.6 is 0 Å². The van der Waals surface area contributed by atoms with Crippen molar-refractivity contribution in [2.24, 2.45) is 13.0 Å². The van der Waals surface area contributed by atoms with Gasteiger partial charge >= 0.3 is 0 Å². The number of aryl methyl sites for hydroxylation is 2. The molecule has 24 heavy (non-hydrogen) atoms. The smallest absolute Gasteiger partial charge is 0.223 e. The van der Waals surface area contributed by atoms with Gasteiger partial charge in [0.15, 0.2) is 11.6 Å². The standard InChI is InChI=1S/C16H21FN6O/c1-4-12-14(17)16(20-9-19-12)18-6-10-5-13(24)23(3)15(10)11-7-21-22(2)8-11/h7-10,15H,4-6H2,1-3H3,(H,18,19,20)/t10-,15+/m0/s1. The van der Waals surface area contributed by atoms with Crippen LogP contribution in [0.2, 0.25) is 0 Å². The number of carbonyl (C=O) groups is 1. The number of nitrogens with one attached hydrogen (secondary N) is 1. The van der Waals surface area contributed by atoms with Crippen molar-refractivity contribution in [2.75, 3.05) is 18.9 Å². The number of anilines is 1. The maximum absolute atomic E-state index is 14.2. The summed E-state index contributed by atoms with van der Waals surface area (Å²) in [6, 6.07) is -0.0748. The second-order valence-electron chi connectivity index (χ2n) is 6.08. The van der Waals surface area contributed by atoms with E-state index in [1.165, 1.54) is 6.33 Å². The molecule has 1 aliphatic heterocycles. The van der Waals surface area contributed by atoms with E-state index in [1.807, 2.05) is 20.2 Å². The van der Waals surface area contributed by atoms with Crippen molar-refractivity contribution in [2.45, 2.75) is 25.8 Å². The number of halogens is 1. The van der Waals surface area contributed by atoms with E-state index in [0.29, 0.717) is 25.1 Å². The van der Waals surface area contributed by atoms with E-state index in [2.05, 4.69) is 20.4 Å². The highest BCUT2D eigenvalue weighted by molar-refractivity contribution is 5.79. The number of aromatic nitrogens is 4. The summed E-state index contributed by atoms with van der Waals surface area (Å²) in [4.78, 5) is 21.8. The van der Waals surface area contributed by atoms with Crippen molar-refractivity contribution in [3.8, 4) is 0 Å². The molecular weight excluding hydrogens is 311 g/mol. The highest BCUT2D eigenvalue weighted by Crippen LogP contribution is 2.36. The lowest BCUT2D eigenvalue weighted by atomic mass is 9.96. The third kappa shape index (κ3) is 2.95. The summed E-state index contributed by atoms with van der Waals surface area (Å²) in [6.07, 6.45) is 5.96. The van der Waals surface area contributed by atoms with Crippen LogP contribution in [0, 0.1) is 11.7 Å². The van der Waals surface area contributed by atoms with Gasteiger partial charge in [-0.25, -0.2) is 14.4 Å². The van der Waals surface area contributed by atoms with Crippen LogP contribution in [0.4, 0.5) is 10.2 Å². The van der Waals surface area contributed by atoms with Crippen LogP contribution in [-0.4, -0.2) is 44.1 Å². The molecule has 0 bridgehead atoms. The second-order valence-corrected chi connectivity index (χ2v) is 6.08. The zero-order valence-corrected chi connectivity index (χ0v) is 14.0. The summed E-state index contributed by atoms with van der Waals surface area (Å²) >= 11 is 0. The van der Waals surface area contributed by atoms with Crippen molar-refractivity contribution in [3.05, 3.63) is 35.8 Å². The minimum Gasteiger partial charge on any atom is -0.367 e. The van der Waals surface area contributed by atoms with Gasteiger partial charge in [0, 0.05) is 44.7 Å². The second kappa shape index (κ2) is 6.54. The Hall–Kier alpha value is -2.51. The molecule has 0 radical (unpaired) electrons. The van der Waals surface area contributed by atoms with Gasteiger partial charge < -0.3 is 10.2 Å². The van der Waals surface area contributed by atoms with Gasteiger partial charge in [-0.3, -0.25) is 9.48 Å². The Kier molecular flexibility index (Phi) is 4.46. The lowest BCUT2D eigenvalue weighted by Gasteiger charge is -2.24. The first kappa shape index (κ1) is 16.4. The predicted molar refractivity (Wildman–Crippen MR) is 86.7 cm³/mol. The lowest BCUT2D eigenvalue weighted by Crippen LogP contribution is -2.26. The van der Waals surface area contributed by atoms with E-state index >= 15 is 0 Å². The third-order valence-electron chi connectivity index (χ3n) is 4.49. The van der Waals surface area contributed by atoms with E-state index < -0.39 is 5.82 Å². The molecule has 2 atom stereocenters. The molecule has 1 N–H and O–H groups in total. The molecule has 1 amide bonds. The molecule has 128 valence electrons. The zero-order chi connectivity index (χ0) is 17.3. The summed E-state index contributed by atoms with van der Waals surface area (Å²) < 4.78 is 16.0. The van der Waals surface area contributed by atoms with E-state index in [-0.39, 0.29) is 23.7 Å². The Bertz CT molecular complexity index is 746. The molecule has 1 aliphatic rings. The molecule has 3 rings (SSSR count). The fraction of sp³-hybridized carbons (Fsp3) is 0.500. The molecule has 0 aromatic carbocycles. The summed E-state index contributed by atoms with van der Waals surface area (Å²) in [7, 11) is 3.64. The van der Waals surface area contributed by atoms with Gasteiger partial charge in [-0.05, 0) is 6.42 Å². The van der Waals surface area contributed by atoms with Crippen molar-refractivity contribution in [3.63, 3.8) is 0 Å². The summed E-state index contributed by atoms with van der Waals surface area (Å²) in [5, 5.41) is 7.23. The number of hydrogen-bond acceptors (Lipinski definition) is 5. The van der Waals surface area contributed by atoms with E-state index in [9.17, 15) is 9.18 Å². The average molecular weight is 332 g/mol. The summed E-state index contributed by atoms with van der Waals surface area (Å²) in [5.41, 5.74) is 1.37. The fourth-order valence-corrected chi connectivity index (χ4v) is 3.23. The molecule has 8 heteroatoms. The van der Waals surface area contributed by atoms with Crippen molar-refractivity contribution >= 4 is 11.7 Å². The van der Waals surface area contributed by atoms with E-state index in [4.69, 9.17) is 0 Å². The molecule has 0 aliphatic carbocycles. The molecule has 1 saturated heterocycles. The summed E-state index contributed by atoms with van der Waals surface area (Å²) in [5.74, 6) is -0.136. The highest BCUT2D eigenvalue weighted by atomic mass is 19.1. The van der Waals surface area contributed by atoms with Crippen molar-refractivity contribution < 1.29 is 9.18 Å². The predicted octanol–water partition coefficient (Wildman–Crippen LogP) is 1.54. The average Bonchev–Trinajstić information content (AvgIpc) is 3.10. The minimum absolute atomic E-state index is 0.0196. The number of nitrogens with zero attached hydrogens (tertiary/aromatic N) is 5. The SMILES string of the molecule is CCc1ncnc(NC[C@@H]2CC(=O)N(C)[C@H]2c2cnn(C)c2)c1F. The highest BCUT2D eigenvalue weighted by Gasteiger charge is 2.39. The van der Waals surface area contributed by atoms with Crippen LogP contribution in [0.3, 0.4) is 0 Å². The van der Waals surface area contributed by atoms with Gasteiger partial charge in [0.2, 0.25) is 5.91 Å². The molecule has 7 nitrogen and oxygen atoms in total. The first-order valence-corrected chi connectivity index (χ1v) is 7.98. The fourth-order valence-electron chi connectivity index (χ4n) is 3.23. The number of rotatable bonds is 5. The Morgan fingerprint density at radius 2 is 2.17 bits per heavy atom. The molecular formula is C16H21FN6O. The maximum atomic E-state index is 14.2. The Balaban J connectivity index is 1.77. The van der Waals surface area contributed by atoms with Crippen molar-refractivity contribution in [1.82, 2.24) is 24.6 Å². The maximum Gasteiger partial charge on any atom is 0.223 e. The van der Waals surface area contributed by atoms with Gasteiger partial charge in [-0.2, -0.15) is 5.10 Å². The molecule has 0 saturated carbocycles. The van der Waals surface area contributed by atoms with Gasteiger partial charge in [-0.1, -0.05) is 6.92 Å². The molecule has 3 heterocycles. The van der Waals surface area contributed by atoms with Gasteiger partial charge in [0.25, 0.3) is 0 Å². The Morgan fingerprint density at radius 1 is 1.38 bits per heavy atom. The van der Waals surface area contributed by atoms with Crippen molar-refractivity contribution in [1.29, 1.82) is 0 Å². The van der Waals surface area contributed by atoms with Crippen LogP contribution in [0.5, 0.6) is 0 Å². The van der Waals surface area contributed by atoms with Gasteiger partial charge in [-0.15, -0.1) is 0 Å². The zero-order valence-electron chi connectivity index (χ0n) is 14.0. The first-order valence-electron chi connectivity index (χ1n) is 7.98. The van der Waals surface area contributed by atoms with Gasteiger partial charge in [0.1, 0.15) is 6.33 Å². The quantitative estimate of drug-likeness (QED) is 0.899. The first-order chi connectivity index (χ1) is 11.5. The van der Waals surface area contributed by atoms with Crippen LogP contribution in [0.1, 0.15) is 30.6 Å². The monoisotopic (exact) mass is 332 g/mol. The number of hydrogen-bond donors (Lipinski definition) is 1. The molecule has 2 aromatic heterocycles. The van der Waals surface area contributed by atoms with Crippen LogP contribution in [0.15, 0.2) is 18.7 Å². The van der Waals surface area contributed by atoms with Crippen LogP contribution in [0.25, 0.3) is 0 Å². The number of amides is 1. The van der Waals surface area contributed by atoms with E-state index in [0.717, 1.165) is 5.56 Å². The molecule has 0 unspecified atom stereocenters.